The summed E-state index contributed by atoms with van der Waals surface area (Å²) in [7, 11) is 0. The summed E-state index contributed by atoms with van der Waals surface area (Å²) in [4.78, 5) is 2.74. The summed E-state index contributed by atoms with van der Waals surface area (Å²) >= 11 is 0. The largest absolute Gasteiger partial charge is 0.375 e. The van der Waals surface area contributed by atoms with Gasteiger partial charge in [0, 0.05) is 31.2 Å². The molecule has 3 unspecified atom stereocenters. The van der Waals surface area contributed by atoms with Gasteiger partial charge in [-0.15, -0.1) is 0 Å². The van der Waals surface area contributed by atoms with E-state index >= 15 is 0 Å². The number of nitrogens with zero attached hydrogens (tertiary/aromatic N) is 1. The lowest BCUT2D eigenvalue weighted by molar-refractivity contribution is -0.0781. The molecule has 3 atom stereocenters. The van der Waals surface area contributed by atoms with Crippen molar-refractivity contribution in [2.24, 2.45) is 5.92 Å². The number of hydrogen-bond donors (Lipinski definition) is 1. The first-order valence-electron chi connectivity index (χ1n) is 7.70. The smallest absolute Gasteiger partial charge is 0.0731 e. The van der Waals surface area contributed by atoms with E-state index in [1.165, 1.54) is 19.3 Å². The molecule has 0 amide bonds. The number of fused-ring (bicyclic) bond motifs is 1. The van der Waals surface area contributed by atoms with E-state index in [-0.39, 0.29) is 0 Å². The molecule has 0 aromatic heterocycles. The second kappa shape index (κ2) is 6.36. The van der Waals surface area contributed by atoms with Crippen LogP contribution in [0.2, 0.25) is 0 Å². The van der Waals surface area contributed by atoms with E-state index in [2.05, 4.69) is 37.9 Å². The van der Waals surface area contributed by atoms with Crippen LogP contribution in [0.3, 0.4) is 0 Å². The first-order valence-corrected chi connectivity index (χ1v) is 7.70. The van der Waals surface area contributed by atoms with Crippen molar-refractivity contribution in [3.05, 3.63) is 0 Å². The Hall–Kier alpha value is -0.120. The fraction of sp³-hybridized carbons (Fsp3) is 1.00. The topological polar surface area (TPSA) is 24.5 Å². The molecule has 0 radical (unpaired) electrons. The second-order valence-corrected chi connectivity index (χ2v) is 6.52. The average molecular weight is 254 g/mol. The Morgan fingerprint density at radius 2 is 2.00 bits per heavy atom. The first-order chi connectivity index (χ1) is 8.59. The van der Waals surface area contributed by atoms with Crippen LogP contribution in [0.15, 0.2) is 0 Å². The first kappa shape index (κ1) is 14.3. The van der Waals surface area contributed by atoms with Gasteiger partial charge in [-0.25, -0.2) is 0 Å². The highest BCUT2D eigenvalue weighted by atomic mass is 16.5. The minimum absolute atomic E-state index is 0.513. The SMILES string of the molecule is CC(C)NCC(C(C)C)N1CCOC2CCCC21. The minimum Gasteiger partial charge on any atom is -0.375 e. The van der Waals surface area contributed by atoms with E-state index in [0.717, 1.165) is 19.7 Å². The van der Waals surface area contributed by atoms with Crippen LogP contribution in [0.4, 0.5) is 0 Å². The molecule has 3 nitrogen and oxygen atoms in total. The second-order valence-electron chi connectivity index (χ2n) is 6.52. The van der Waals surface area contributed by atoms with Gasteiger partial charge >= 0.3 is 0 Å². The monoisotopic (exact) mass is 254 g/mol. The molecule has 106 valence electrons. The maximum Gasteiger partial charge on any atom is 0.0731 e. The third kappa shape index (κ3) is 3.25. The summed E-state index contributed by atoms with van der Waals surface area (Å²) < 4.78 is 5.93. The van der Waals surface area contributed by atoms with Gasteiger partial charge in [-0.05, 0) is 25.2 Å². The van der Waals surface area contributed by atoms with Crippen LogP contribution in [0, 0.1) is 5.92 Å². The lowest BCUT2D eigenvalue weighted by atomic mass is 9.98. The summed E-state index contributed by atoms with van der Waals surface area (Å²) in [5.74, 6) is 0.704. The van der Waals surface area contributed by atoms with Gasteiger partial charge in [-0.3, -0.25) is 4.90 Å². The summed E-state index contributed by atoms with van der Waals surface area (Å²) in [6.45, 7) is 12.3. The van der Waals surface area contributed by atoms with Crippen molar-refractivity contribution in [3.63, 3.8) is 0 Å². The van der Waals surface area contributed by atoms with Crippen molar-refractivity contribution in [2.45, 2.75) is 71.2 Å². The van der Waals surface area contributed by atoms with Crippen LogP contribution in [-0.2, 0) is 4.74 Å². The van der Waals surface area contributed by atoms with E-state index in [4.69, 9.17) is 4.74 Å². The maximum absolute atomic E-state index is 5.93. The molecule has 1 heterocycles. The molecule has 0 aromatic rings. The van der Waals surface area contributed by atoms with Gasteiger partial charge in [0.2, 0.25) is 0 Å². The third-order valence-corrected chi connectivity index (χ3v) is 4.46. The van der Waals surface area contributed by atoms with Crippen LogP contribution in [-0.4, -0.2) is 48.8 Å². The zero-order valence-corrected chi connectivity index (χ0v) is 12.5. The zero-order valence-electron chi connectivity index (χ0n) is 12.5. The van der Waals surface area contributed by atoms with Gasteiger partial charge in [0.25, 0.3) is 0 Å². The standard InChI is InChI=1S/C15H30N2O/c1-11(2)14(10-16-12(3)4)17-8-9-18-15-7-5-6-13(15)17/h11-16H,5-10H2,1-4H3. The molecule has 1 saturated carbocycles. The quantitative estimate of drug-likeness (QED) is 0.814. The molecule has 18 heavy (non-hydrogen) atoms. The molecule has 2 fully saturated rings. The number of hydrogen-bond acceptors (Lipinski definition) is 3. The van der Waals surface area contributed by atoms with E-state index in [9.17, 15) is 0 Å². The third-order valence-electron chi connectivity index (χ3n) is 4.46. The van der Waals surface area contributed by atoms with E-state index in [1.807, 2.05) is 0 Å². The normalized spacial score (nSPS) is 31.0. The Balaban J connectivity index is 1.99. The van der Waals surface area contributed by atoms with Crippen molar-refractivity contribution in [3.8, 4) is 0 Å². The predicted octanol–water partition coefficient (Wildman–Crippen LogP) is 2.26. The van der Waals surface area contributed by atoms with E-state index in [0.29, 0.717) is 30.1 Å². The lowest BCUT2D eigenvalue weighted by Gasteiger charge is -2.44. The molecule has 2 rings (SSSR count). The van der Waals surface area contributed by atoms with Crippen molar-refractivity contribution in [1.82, 2.24) is 10.2 Å². The number of ether oxygens (including phenoxy) is 1. The van der Waals surface area contributed by atoms with Crippen LogP contribution >= 0.6 is 0 Å². The highest BCUT2D eigenvalue weighted by Gasteiger charge is 2.39. The molecule has 1 aliphatic carbocycles. The highest BCUT2D eigenvalue weighted by Crippen LogP contribution is 2.32. The fourth-order valence-corrected chi connectivity index (χ4v) is 3.46. The van der Waals surface area contributed by atoms with Gasteiger partial charge in [0.05, 0.1) is 12.7 Å². The Labute approximate surface area is 112 Å². The molecular formula is C15H30N2O. The molecule has 1 saturated heterocycles. The summed E-state index contributed by atoms with van der Waals surface area (Å²) in [6.07, 6.45) is 4.45. The maximum atomic E-state index is 5.93. The van der Waals surface area contributed by atoms with Gasteiger partial charge in [0.1, 0.15) is 0 Å². The van der Waals surface area contributed by atoms with Crippen LogP contribution in [0.5, 0.6) is 0 Å². The fourth-order valence-electron chi connectivity index (χ4n) is 3.46. The number of morpholine rings is 1. The molecule has 0 bridgehead atoms. The summed E-state index contributed by atoms with van der Waals surface area (Å²) in [5, 5.41) is 3.62. The summed E-state index contributed by atoms with van der Waals surface area (Å²) in [5.41, 5.74) is 0. The molecule has 2 aliphatic rings. The van der Waals surface area contributed by atoms with E-state index in [1.54, 1.807) is 0 Å². The molecule has 1 N–H and O–H groups in total. The minimum atomic E-state index is 0.513. The Kier molecular flexibility index (Phi) is 5.05. The zero-order chi connectivity index (χ0) is 13.1. The highest BCUT2D eigenvalue weighted by molar-refractivity contribution is 4.93. The number of nitrogens with one attached hydrogen (secondary N) is 1. The van der Waals surface area contributed by atoms with Crippen molar-refractivity contribution in [2.75, 3.05) is 19.7 Å². The van der Waals surface area contributed by atoms with Crippen molar-refractivity contribution < 1.29 is 4.74 Å². The molecule has 0 spiro atoms. The van der Waals surface area contributed by atoms with Crippen molar-refractivity contribution >= 4 is 0 Å². The lowest BCUT2D eigenvalue weighted by Crippen LogP contribution is -2.57. The van der Waals surface area contributed by atoms with Crippen molar-refractivity contribution in [1.29, 1.82) is 0 Å². The molecular weight excluding hydrogens is 224 g/mol. The van der Waals surface area contributed by atoms with Gasteiger partial charge in [0.15, 0.2) is 0 Å². The average Bonchev–Trinajstić information content (AvgIpc) is 2.77. The summed E-state index contributed by atoms with van der Waals surface area (Å²) in [6, 6.07) is 1.91. The Bertz CT molecular complexity index is 255. The Morgan fingerprint density at radius 3 is 2.67 bits per heavy atom. The van der Waals surface area contributed by atoms with Gasteiger partial charge in [-0.2, -0.15) is 0 Å². The van der Waals surface area contributed by atoms with E-state index < -0.39 is 0 Å². The van der Waals surface area contributed by atoms with Crippen LogP contribution in [0.25, 0.3) is 0 Å². The van der Waals surface area contributed by atoms with Gasteiger partial charge < -0.3 is 10.1 Å². The predicted molar refractivity (Wildman–Crippen MR) is 75.8 cm³/mol. The molecule has 0 aromatic carbocycles. The number of rotatable bonds is 5. The molecule has 1 aliphatic heterocycles. The Morgan fingerprint density at radius 1 is 1.22 bits per heavy atom. The van der Waals surface area contributed by atoms with Crippen LogP contribution < -0.4 is 5.32 Å². The van der Waals surface area contributed by atoms with Gasteiger partial charge in [-0.1, -0.05) is 27.7 Å². The molecule has 3 heteroatoms. The van der Waals surface area contributed by atoms with Crippen LogP contribution in [0.1, 0.15) is 47.0 Å².